The number of nitro groups is 1. The highest BCUT2D eigenvalue weighted by molar-refractivity contribution is 5.98. The molecule has 0 heterocycles. The van der Waals surface area contributed by atoms with Crippen molar-refractivity contribution < 1.29 is 19.2 Å². The quantitative estimate of drug-likeness (QED) is 0.297. The van der Waals surface area contributed by atoms with Gasteiger partial charge in [-0.25, -0.2) is 4.79 Å². The van der Waals surface area contributed by atoms with Crippen molar-refractivity contribution in [1.82, 2.24) is 0 Å². The molecule has 0 aliphatic heterocycles. The second-order valence-electron chi connectivity index (χ2n) is 4.35. The van der Waals surface area contributed by atoms with Crippen LogP contribution in [-0.2, 0) is 0 Å². The van der Waals surface area contributed by atoms with Crippen molar-refractivity contribution in [3.8, 4) is 5.75 Å². The van der Waals surface area contributed by atoms with Gasteiger partial charge in [0.05, 0.1) is 17.0 Å². The number of ketones is 1. The van der Waals surface area contributed by atoms with Crippen molar-refractivity contribution in [2.24, 2.45) is 5.73 Å². The largest absolute Gasteiger partial charge is 0.423 e. The van der Waals surface area contributed by atoms with Crippen LogP contribution in [0, 0.1) is 10.1 Å². The number of carbonyl (C=O) groups excluding carboxylic acids is 2. The van der Waals surface area contributed by atoms with E-state index in [0.717, 1.165) is 6.07 Å². The molecule has 0 saturated heterocycles. The number of carbonyl (C=O) groups is 2. The van der Waals surface area contributed by atoms with Gasteiger partial charge in [-0.1, -0.05) is 18.2 Å². The minimum Gasteiger partial charge on any atom is -0.423 e. The Balaban J connectivity index is 2.20. The monoisotopic (exact) mass is 300 g/mol. The van der Waals surface area contributed by atoms with Gasteiger partial charge in [-0.05, 0) is 18.2 Å². The van der Waals surface area contributed by atoms with Crippen LogP contribution in [0.4, 0.5) is 5.69 Å². The van der Waals surface area contributed by atoms with Crippen molar-refractivity contribution in [3.05, 3.63) is 69.8 Å². The highest BCUT2D eigenvalue weighted by atomic mass is 16.6. The molecule has 2 N–H and O–H groups in total. The molecule has 0 bridgehead atoms. The number of rotatable bonds is 5. The number of ether oxygens (including phenoxy) is 1. The molecular weight excluding hydrogens is 288 g/mol. The van der Waals surface area contributed by atoms with Crippen LogP contribution in [0.5, 0.6) is 5.75 Å². The zero-order valence-corrected chi connectivity index (χ0v) is 11.4. The minimum absolute atomic E-state index is 0.0461. The lowest BCUT2D eigenvalue weighted by atomic mass is 10.1. The molecule has 0 amide bonds. The lowest BCUT2D eigenvalue weighted by molar-refractivity contribution is -0.384. The normalized spacial score (nSPS) is 10.0. The van der Waals surface area contributed by atoms with Crippen LogP contribution in [0.1, 0.15) is 20.7 Å². The number of nitrogens with zero attached hydrogens (tertiary/aromatic N) is 1. The first-order valence-electron chi connectivity index (χ1n) is 6.31. The number of nitro benzene ring substituents is 1. The molecule has 7 nitrogen and oxygen atoms in total. The number of nitrogens with two attached hydrogens (primary N) is 1. The van der Waals surface area contributed by atoms with E-state index in [4.69, 9.17) is 10.5 Å². The van der Waals surface area contributed by atoms with Crippen LogP contribution in [0.15, 0.2) is 48.5 Å². The zero-order valence-electron chi connectivity index (χ0n) is 11.4. The molecule has 0 aliphatic rings. The lowest BCUT2D eigenvalue weighted by Crippen LogP contribution is -2.14. The first-order valence-corrected chi connectivity index (χ1v) is 6.31. The Labute approximate surface area is 125 Å². The van der Waals surface area contributed by atoms with E-state index < -0.39 is 10.9 Å². The van der Waals surface area contributed by atoms with Crippen molar-refractivity contribution in [3.63, 3.8) is 0 Å². The summed E-state index contributed by atoms with van der Waals surface area (Å²) in [5, 5.41) is 10.7. The molecule has 22 heavy (non-hydrogen) atoms. The highest BCUT2D eigenvalue weighted by Gasteiger charge is 2.14. The zero-order chi connectivity index (χ0) is 16.1. The number of hydrogen-bond donors (Lipinski definition) is 1. The summed E-state index contributed by atoms with van der Waals surface area (Å²) in [6, 6.07) is 11.2. The maximum Gasteiger partial charge on any atom is 0.343 e. The first kappa shape index (κ1) is 15.3. The lowest BCUT2D eigenvalue weighted by Gasteiger charge is -2.06. The number of esters is 1. The van der Waals surface area contributed by atoms with Crippen LogP contribution in [-0.4, -0.2) is 23.2 Å². The van der Waals surface area contributed by atoms with Gasteiger partial charge >= 0.3 is 5.97 Å². The maximum absolute atomic E-state index is 12.0. The molecule has 0 unspecified atom stereocenters. The first-order chi connectivity index (χ1) is 10.5. The van der Waals surface area contributed by atoms with Gasteiger partial charge in [0.2, 0.25) is 0 Å². The standard InChI is InChI=1S/C15H12N2O5/c16-9-14(18)10-3-2-6-13(8-10)22-15(19)11-4-1-5-12(7-11)17(20)21/h1-8H,9,16H2. The smallest absolute Gasteiger partial charge is 0.343 e. The number of hydrogen-bond acceptors (Lipinski definition) is 6. The van der Waals surface area contributed by atoms with E-state index in [0.29, 0.717) is 5.56 Å². The minimum atomic E-state index is -0.749. The van der Waals surface area contributed by atoms with Crippen molar-refractivity contribution >= 4 is 17.4 Å². The number of non-ortho nitro benzene ring substituents is 1. The topological polar surface area (TPSA) is 113 Å². The number of Topliss-reactive ketones (excluding diaryl/α,β-unsaturated/α-hetero) is 1. The van der Waals surface area contributed by atoms with E-state index in [1.165, 1.54) is 30.3 Å². The third-order valence-corrected chi connectivity index (χ3v) is 2.84. The SMILES string of the molecule is NCC(=O)c1cccc(OC(=O)c2cccc([N+](=O)[O-])c2)c1. The average Bonchev–Trinajstić information content (AvgIpc) is 2.54. The molecule has 0 aromatic heterocycles. The summed E-state index contributed by atoms with van der Waals surface area (Å²) in [5.74, 6) is -0.870. The van der Waals surface area contributed by atoms with Crippen molar-refractivity contribution in [2.45, 2.75) is 0 Å². The second-order valence-corrected chi connectivity index (χ2v) is 4.35. The molecule has 7 heteroatoms. The van der Waals surface area contributed by atoms with Crippen LogP contribution >= 0.6 is 0 Å². The summed E-state index contributed by atoms with van der Waals surface area (Å²) in [6.45, 7) is -0.151. The molecule has 0 spiro atoms. The maximum atomic E-state index is 12.0. The Morgan fingerprint density at radius 3 is 2.45 bits per heavy atom. The van der Waals surface area contributed by atoms with Gasteiger partial charge in [0, 0.05) is 17.7 Å². The fraction of sp³-hybridized carbons (Fsp3) is 0.0667. The fourth-order valence-electron chi connectivity index (χ4n) is 1.76. The van der Waals surface area contributed by atoms with Crippen LogP contribution < -0.4 is 10.5 Å². The number of benzene rings is 2. The summed E-state index contributed by atoms with van der Waals surface area (Å²) in [6.07, 6.45) is 0. The predicted molar refractivity (Wildman–Crippen MR) is 77.9 cm³/mol. The summed E-state index contributed by atoms with van der Waals surface area (Å²) in [4.78, 5) is 33.6. The summed E-state index contributed by atoms with van der Waals surface area (Å²) >= 11 is 0. The Morgan fingerprint density at radius 1 is 1.09 bits per heavy atom. The summed E-state index contributed by atoms with van der Waals surface area (Å²) in [7, 11) is 0. The van der Waals surface area contributed by atoms with Gasteiger partial charge < -0.3 is 10.5 Å². The molecule has 112 valence electrons. The third kappa shape index (κ3) is 3.53. The van der Waals surface area contributed by atoms with Crippen molar-refractivity contribution in [1.29, 1.82) is 0 Å². The van der Waals surface area contributed by atoms with E-state index in [1.807, 2.05) is 0 Å². The average molecular weight is 300 g/mol. The van der Waals surface area contributed by atoms with Crippen LogP contribution in [0.3, 0.4) is 0 Å². The molecule has 2 aromatic rings. The van der Waals surface area contributed by atoms with Gasteiger partial charge in [-0.3, -0.25) is 14.9 Å². The van der Waals surface area contributed by atoms with Gasteiger partial charge in [0.25, 0.3) is 5.69 Å². The second kappa shape index (κ2) is 6.59. The van der Waals surface area contributed by atoms with Gasteiger partial charge in [0.1, 0.15) is 5.75 Å². The van der Waals surface area contributed by atoms with E-state index in [1.54, 1.807) is 12.1 Å². The van der Waals surface area contributed by atoms with E-state index >= 15 is 0 Å². The Kier molecular flexibility index (Phi) is 4.60. The van der Waals surface area contributed by atoms with Gasteiger partial charge in [-0.15, -0.1) is 0 Å². The van der Waals surface area contributed by atoms with Crippen LogP contribution in [0.2, 0.25) is 0 Å². The molecule has 0 saturated carbocycles. The molecule has 0 fully saturated rings. The molecular formula is C15H12N2O5. The molecule has 0 atom stereocenters. The summed E-state index contributed by atoms with van der Waals surface area (Å²) in [5.41, 5.74) is 5.44. The van der Waals surface area contributed by atoms with Crippen molar-refractivity contribution in [2.75, 3.05) is 6.54 Å². The highest BCUT2D eigenvalue weighted by Crippen LogP contribution is 2.18. The van der Waals surface area contributed by atoms with E-state index in [-0.39, 0.29) is 29.3 Å². The van der Waals surface area contributed by atoms with Crippen LogP contribution in [0.25, 0.3) is 0 Å². The predicted octanol–water partition coefficient (Wildman–Crippen LogP) is 1.96. The van der Waals surface area contributed by atoms with Gasteiger partial charge in [0.15, 0.2) is 5.78 Å². The Hall–Kier alpha value is -3.06. The Morgan fingerprint density at radius 2 is 1.77 bits per heavy atom. The third-order valence-electron chi connectivity index (χ3n) is 2.84. The van der Waals surface area contributed by atoms with E-state index in [9.17, 15) is 19.7 Å². The molecule has 0 radical (unpaired) electrons. The fourth-order valence-corrected chi connectivity index (χ4v) is 1.76. The van der Waals surface area contributed by atoms with E-state index in [2.05, 4.69) is 0 Å². The Bertz CT molecular complexity index is 742. The molecule has 0 aliphatic carbocycles. The molecule has 2 rings (SSSR count). The summed E-state index contributed by atoms with van der Waals surface area (Å²) < 4.78 is 5.12. The molecule has 2 aromatic carbocycles. The van der Waals surface area contributed by atoms with Gasteiger partial charge in [-0.2, -0.15) is 0 Å².